The number of methoxy groups -OCH3 is 1. The predicted octanol–water partition coefficient (Wildman–Crippen LogP) is 4.21. The van der Waals surface area contributed by atoms with E-state index in [1.54, 1.807) is 32.2 Å². The molecule has 2 N–H and O–H groups in total. The summed E-state index contributed by atoms with van der Waals surface area (Å²) >= 11 is 7.51. The lowest BCUT2D eigenvalue weighted by atomic mass is 10.1. The monoisotopic (exact) mass is 432 g/mol. The molecule has 0 spiro atoms. The number of anilines is 1. The van der Waals surface area contributed by atoms with E-state index in [0.29, 0.717) is 45.0 Å². The third-order valence-corrected chi connectivity index (χ3v) is 5.65. The number of ether oxygens (including phenoxy) is 2. The predicted molar refractivity (Wildman–Crippen MR) is 115 cm³/mol. The van der Waals surface area contributed by atoms with Gasteiger partial charge in [0.15, 0.2) is 0 Å². The first-order chi connectivity index (χ1) is 14.0. The van der Waals surface area contributed by atoms with E-state index >= 15 is 0 Å². The second-order valence-corrected chi connectivity index (χ2v) is 7.76. The molecule has 0 saturated carbocycles. The van der Waals surface area contributed by atoms with Crippen LogP contribution in [0.3, 0.4) is 0 Å². The van der Waals surface area contributed by atoms with E-state index in [-0.39, 0.29) is 18.4 Å². The minimum atomic E-state index is -0.332. The van der Waals surface area contributed by atoms with Gasteiger partial charge in [-0.1, -0.05) is 29.8 Å². The van der Waals surface area contributed by atoms with Gasteiger partial charge in [0, 0.05) is 22.9 Å². The summed E-state index contributed by atoms with van der Waals surface area (Å²) in [6.07, 6.45) is 0. The van der Waals surface area contributed by atoms with Gasteiger partial charge in [0.2, 0.25) is 0 Å². The van der Waals surface area contributed by atoms with Crippen molar-refractivity contribution >= 4 is 40.9 Å². The molecule has 29 heavy (non-hydrogen) atoms. The molecule has 6 nitrogen and oxygen atoms in total. The van der Waals surface area contributed by atoms with Crippen molar-refractivity contribution in [3.8, 4) is 5.75 Å². The van der Waals surface area contributed by atoms with Crippen LogP contribution in [0.4, 0.5) is 5.69 Å². The number of thioether (sulfide) groups is 1. The average molecular weight is 433 g/mol. The zero-order valence-corrected chi connectivity index (χ0v) is 17.7. The summed E-state index contributed by atoms with van der Waals surface area (Å²) in [5, 5.41) is 6.06. The van der Waals surface area contributed by atoms with Crippen LogP contribution in [0, 0.1) is 0 Å². The summed E-state index contributed by atoms with van der Waals surface area (Å²) in [5.74, 6) is 1.30. The molecule has 0 atom stereocenters. The Morgan fingerprint density at radius 3 is 2.76 bits per heavy atom. The fourth-order valence-corrected chi connectivity index (χ4v) is 3.84. The Bertz CT molecular complexity index is 961. The van der Waals surface area contributed by atoms with Gasteiger partial charge in [-0.15, -0.1) is 11.8 Å². The minimum absolute atomic E-state index is 0.285. The van der Waals surface area contributed by atoms with Crippen molar-refractivity contribution in [3.63, 3.8) is 0 Å². The van der Waals surface area contributed by atoms with Crippen LogP contribution in [-0.4, -0.2) is 31.3 Å². The van der Waals surface area contributed by atoms with Crippen molar-refractivity contribution in [1.29, 1.82) is 0 Å². The molecule has 2 aromatic rings. The van der Waals surface area contributed by atoms with Crippen LogP contribution in [0.15, 0.2) is 53.1 Å². The molecule has 0 radical (unpaired) electrons. The van der Waals surface area contributed by atoms with Crippen molar-refractivity contribution in [2.45, 2.75) is 13.5 Å². The highest BCUT2D eigenvalue weighted by atomic mass is 35.5. The lowest BCUT2D eigenvalue weighted by Crippen LogP contribution is -2.25. The van der Waals surface area contributed by atoms with Crippen LogP contribution >= 0.6 is 23.4 Å². The lowest BCUT2D eigenvalue weighted by Gasteiger charge is -2.18. The topological polar surface area (TPSA) is 76.7 Å². The van der Waals surface area contributed by atoms with Crippen molar-refractivity contribution in [2.75, 3.05) is 24.8 Å². The Labute approximate surface area is 178 Å². The Kier molecular flexibility index (Phi) is 7.06. The molecule has 1 aliphatic heterocycles. The first-order valence-corrected chi connectivity index (χ1v) is 10.3. The van der Waals surface area contributed by atoms with Crippen LogP contribution < -0.4 is 15.4 Å². The molecule has 0 unspecified atom stereocenters. The Morgan fingerprint density at radius 2 is 2.00 bits per heavy atom. The number of nitrogens with one attached hydrogen (secondary N) is 2. The van der Waals surface area contributed by atoms with E-state index in [0.717, 1.165) is 5.56 Å². The smallest absolute Gasteiger partial charge is 0.265 e. The van der Waals surface area contributed by atoms with Crippen molar-refractivity contribution in [2.24, 2.45) is 0 Å². The number of amides is 2. The number of rotatable bonds is 6. The van der Waals surface area contributed by atoms with Crippen LogP contribution in [0.1, 0.15) is 22.8 Å². The number of carbonyl (C=O) groups excluding carboxylic acids is 2. The molecule has 2 amide bonds. The Balaban J connectivity index is 1.77. The molecule has 0 bridgehead atoms. The number of halogens is 1. The van der Waals surface area contributed by atoms with Crippen LogP contribution in [0.2, 0.25) is 5.02 Å². The summed E-state index contributed by atoms with van der Waals surface area (Å²) in [5.41, 5.74) is 1.50. The summed E-state index contributed by atoms with van der Waals surface area (Å²) in [6.45, 7) is 2.60. The second-order valence-electron chi connectivity index (χ2n) is 6.22. The van der Waals surface area contributed by atoms with Gasteiger partial charge >= 0.3 is 0 Å². The van der Waals surface area contributed by atoms with Gasteiger partial charge in [0.05, 0.1) is 25.0 Å². The van der Waals surface area contributed by atoms with E-state index < -0.39 is 0 Å². The quantitative estimate of drug-likeness (QED) is 0.715. The van der Waals surface area contributed by atoms with E-state index in [4.69, 9.17) is 21.1 Å². The van der Waals surface area contributed by atoms with Crippen LogP contribution in [0.25, 0.3) is 0 Å². The first-order valence-electron chi connectivity index (χ1n) is 8.97. The van der Waals surface area contributed by atoms with Crippen LogP contribution in [0.5, 0.6) is 5.75 Å². The lowest BCUT2D eigenvalue weighted by molar-refractivity contribution is -0.112. The van der Waals surface area contributed by atoms with Gasteiger partial charge in [-0.2, -0.15) is 0 Å². The number of allylic oxidation sites excluding steroid dienone is 1. The number of hydrogen-bond donors (Lipinski definition) is 2. The third kappa shape index (κ3) is 5.25. The highest BCUT2D eigenvalue weighted by molar-refractivity contribution is 8.04. The molecule has 2 aromatic carbocycles. The molecule has 1 aliphatic rings. The van der Waals surface area contributed by atoms with Crippen molar-refractivity contribution in [1.82, 2.24) is 5.32 Å². The largest absolute Gasteiger partial charge is 0.496 e. The van der Waals surface area contributed by atoms with Gasteiger partial charge in [-0.05, 0) is 31.2 Å². The molecular weight excluding hydrogens is 412 g/mol. The van der Waals surface area contributed by atoms with Crippen molar-refractivity contribution in [3.05, 3.63) is 69.3 Å². The molecule has 0 fully saturated rings. The highest BCUT2D eigenvalue weighted by Gasteiger charge is 2.21. The zero-order valence-electron chi connectivity index (χ0n) is 16.1. The highest BCUT2D eigenvalue weighted by Crippen LogP contribution is 2.28. The summed E-state index contributed by atoms with van der Waals surface area (Å²) < 4.78 is 10.7. The Hall–Kier alpha value is -2.64. The molecule has 1 heterocycles. The molecule has 152 valence electrons. The minimum Gasteiger partial charge on any atom is -0.496 e. The molecule has 8 heteroatoms. The summed E-state index contributed by atoms with van der Waals surface area (Å²) in [6, 6.07) is 12.2. The average Bonchev–Trinajstić information content (AvgIpc) is 2.72. The molecule has 0 aromatic heterocycles. The van der Waals surface area contributed by atoms with Gasteiger partial charge in [-0.25, -0.2) is 0 Å². The van der Waals surface area contributed by atoms with Gasteiger partial charge in [0.25, 0.3) is 11.8 Å². The van der Waals surface area contributed by atoms with E-state index in [2.05, 4.69) is 10.6 Å². The normalized spacial score (nSPS) is 13.5. The fraction of sp³-hybridized carbons (Fsp3) is 0.238. The maximum absolute atomic E-state index is 12.8. The molecule has 0 aliphatic carbocycles. The van der Waals surface area contributed by atoms with Crippen molar-refractivity contribution < 1.29 is 19.1 Å². The number of hydrogen-bond acceptors (Lipinski definition) is 5. The first kappa shape index (κ1) is 21.1. The van der Waals surface area contributed by atoms with Crippen LogP contribution in [-0.2, 0) is 16.1 Å². The van der Waals surface area contributed by atoms with E-state index in [9.17, 15) is 9.59 Å². The van der Waals surface area contributed by atoms with Gasteiger partial charge in [-0.3, -0.25) is 9.59 Å². The number of carbonyl (C=O) groups is 2. The summed E-state index contributed by atoms with van der Waals surface area (Å²) in [4.78, 5) is 25.9. The molecular formula is C21H21ClN2O4S. The molecule has 3 rings (SSSR count). The number of benzene rings is 2. The van der Waals surface area contributed by atoms with E-state index in [1.165, 1.54) is 11.8 Å². The zero-order chi connectivity index (χ0) is 20.8. The van der Waals surface area contributed by atoms with Gasteiger partial charge in [0.1, 0.15) is 16.4 Å². The summed E-state index contributed by atoms with van der Waals surface area (Å²) in [7, 11) is 1.58. The maximum Gasteiger partial charge on any atom is 0.265 e. The number of para-hydroxylation sites is 1. The third-order valence-electron chi connectivity index (χ3n) is 4.28. The maximum atomic E-state index is 12.8. The van der Waals surface area contributed by atoms with E-state index in [1.807, 2.05) is 24.3 Å². The van der Waals surface area contributed by atoms with Gasteiger partial charge < -0.3 is 20.1 Å². The SMILES string of the molecule is COc1ccccc1CNC(=O)c1ccc(Cl)cc1NC(=O)C1=C(C)OCCS1. The second kappa shape index (κ2) is 9.71. The standard InChI is InChI=1S/C21H21ClN2O4S/c1-13-19(29-10-9-28-13)21(26)24-17-11-15(22)7-8-16(17)20(25)23-12-14-5-3-4-6-18(14)27-2/h3-8,11H,9-10,12H2,1-2H3,(H,23,25)(H,24,26). The molecule has 0 saturated heterocycles. The Morgan fingerprint density at radius 1 is 1.21 bits per heavy atom. The fourth-order valence-electron chi connectivity index (χ4n) is 2.85.